The van der Waals surface area contributed by atoms with Crippen LogP contribution in [0.15, 0.2) is 12.2 Å². The smallest absolute Gasteiger partial charge is 0.460 e. The number of hydrogen-bond acceptors (Lipinski definition) is 6. The average molecular weight is 324 g/mol. The van der Waals surface area contributed by atoms with Crippen LogP contribution in [0.2, 0.25) is 0 Å². The van der Waals surface area contributed by atoms with Gasteiger partial charge in [-0.25, -0.2) is 21.6 Å². The summed E-state index contributed by atoms with van der Waals surface area (Å²) in [4.78, 5) is 11.0. The molecule has 1 unspecified atom stereocenters. The van der Waals surface area contributed by atoms with Gasteiger partial charge in [0, 0.05) is 11.8 Å². The molecule has 0 bridgehead atoms. The number of halogens is 3. The number of rotatable bonds is 5. The summed E-state index contributed by atoms with van der Waals surface area (Å²) < 4.78 is 82.5. The van der Waals surface area contributed by atoms with Crippen molar-refractivity contribution in [1.82, 2.24) is 0 Å². The Bertz CT molecular complexity index is 572. The number of alkyl halides is 3. The monoisotopic (exact) mass is 324 g/mol. The van der Waals surface area contributed by atoms with Crippen molar-refractivity contribution in [3.05, 3.63) is 12.2 Å². The zero-order valence-corrected chi connectivity index (χ0v) is 11.5. The summed E-state index contributed by atoms with van der Waals surface area (Å²) in [6, 6.07) is 0. The summed E-state index contributed by atoms with van der Waals surface area (Å²) in [6.45, 7) is 2.82. The maximum absolute atomic E-state index is 12.3. The number of hydrogen-bond donors (Lipinski definition) is 0. The van der Waals surface area contributed by atoms with Crippen LogP contribution in [-0.4, -0.2) is 45.8 Å². The van der Waals surface area contributed by atoms with Gasteiger partial charge in [0.1, 0.15) is 6.61 Å². The lowest BCUT2D eigenvalue weighted by Gasteiger charge is -2.17. The molecule has 0 aliphatic carbocycles. The van der Waals surface area contributed by atoms with E-state index in [0.29, 0.717) is 6.26 Å². The van der Waals surface area contributed by atoms with E-state index in [1.165, 1.54) is 0 Å². The van der Waals surface area contributed by atoms with Crippen molar-refractivity contribution >= 4 is 25.6 Å². The molecule has 0 radical (unpaired) electrons. The molecule has 0 aromatic carbocycles. The molecular formula is C8H11F3O6S2. The zero-order chi connectivity index (χ0) is 15.6. The first kappa shape index (κ1) is 17.9. The quantitative estimate of drug-likeness (QED) is 0.537. The van der Waals surface area contributed by atoms with Crippen LogP contribution in [0, 0.1) is 0 Å². The van der Waals surface area contributed by atoms with E-state index in [4.69, 9.17) is 0 Å². The second kappa shape index (κ2) is 5.49. The van der Waals surface area contributed by atoms with Crippen LogP contribution >= 0.6 is 0 Å². The maximum atomic E-state index is 12.3. The van der Waals surface area contributed by atoms with E-state index in [-0.39, 0.29) is 5.57 Å². The lowest BCUT2D eigenvalue weighted by molar-refractivity contribution is -0.138. The van der Waals surface area contributed by atoms with E-state index in [0.717, 1.165) is 6.92 Å². The number of sulfone groups is 2. The largest absolute Gasteiger partial charge is 0.498 e. The Labute approximate surface area is 108 Å². The highest BCUT2D eigenvalue weighted by Gasteiger charge is 2.55. The molecule has 0 aliphatic rings. The van der Waals surface area contributed by atoms with Gasteiger partial charge in [-0.15, -0.1) is 0 Å². The fraction of sp³-hybridized carbons (Fsp3) is 0.625. The molecule has 0 heterocycles. The minimum Gasteiger partial charge on any atom is -0.460 e. The topological polar surface area (TPSA) is 94.6 Å². The van der Waals surface area contributed by atoms with Gasteiger partial charge in [0.2, 0.25) is 4.58 Å². The molecule has 6 nitrogen and oxygen atoms in total. The third-order valence-corrected chi connectivity index (χ3v) is 6.22. The molecule has 1 atom stereocenters. The molecular weight excluding hydrogens is 313 g/mol. The Kier molecular flexibility index (Phi) is 5.17. The van der Waals surface area contributed by atoms with Gasteiger partial charge in [-0.2, -0.15) is 13.2 Å². The fourth-order valence-corrected chi connectivity index (χ4v) is 3.89. The van der Waals surface area contributed by atoms with Crippen molar-refractivity contribution in [3.8, 4) is 0 Å². The SMILES string of the molecule is C=C(C)C(=O)OCC(S(C)(=O)=O)S(=O)(=O)C(F)(F)F. The van der Waals surface area contributed by atoms with E-state index >= 15 is 0 Å². The number of ether oxygens (including phenoxy) is 1. The second-order valence-electron chi connectivity index (χ2n) is 3.63. The predicted molar refractivity (Wildman–Crippen MR) is 59.4 cm³/mol. The molecule has 0 N–H and O–H groups in total. The fourth-order valence-electron chi connectivity index (χ4n) is 0.859. The average Bonchev–Trinajstić information content (AvgIpc) is 2.12. The molecule has 0 aliphatic heterocycles. The van der Waals surface area contributed by atoms with Crippen molar-refractivity contribution < 1.29 is 39.5 Å². The molecule has 19 heavy (non-hydrogen) atoms. The summed E-state index contributed by atoms with van der Waals surface area (Å²) in [6.07, 6.45) is 0.301. The van der Waals surface area contributed by atoms with Crippen LogP contribution < -0.4 is 0 Å². The highest BCUT2D eigenvalue weighted by Crippen LogP contribution is 2.29. The molecule has 0 fully saturated rings. The normalized spacial score (nSPS) is 14.8. The summed E-state index contributed by atoms with van der Waals surface area (Å²) in [5, 5.41) is 0. The molecule has 112 valence electrons. The molecule has 0 spiro atoms. The van der Waals surface area contributed by atoms with Crippen LogP contribution in [-0.2, 0) is 29.2 Å². The highest BCUT2D eigenvalue weighted by molar-refractivity contribution is 8.09. The van der Waals surface area contributed by atoms with Crippen molar-refractivity contribution in [3.63, 3.8) is 0 Å². The minimum absolute atomic E-state index is 0.211. The van der Waals surface area contributed by atoms with E-state index < -0.39 is 42.3 Å². The van der Waals surface area contributed by atoms with Gasteiger partial charge >= 0.3 is 11.5 Å². The Morgan fingerprint density at radius 2 is 1.68 bits per heavy atom. The van der Waals surface area contributed by atoms with Crippen LogP contribution in [0.3, 0.4) is 0 Å². The molecule has 0 amide bonds. The van der Waals surface area contributed by atoms with Crippen LogP contribution in [0.4, 0.5) is 13.2 Å². The maximum Gasteiger partial charge on any atom is 0.498 e. The molecule has 11 heteroatoms. The van der Waals surface area contributed by atoms with Crippen molar-refractivity contribution in [2.45, 2.75) is 17.0 Å². The van der Waals surface area contributed by atoms with Gasteiger partial charge in [-0.1, -0.05) is 6.58 Å². The molecule has 0 aromatic heterocycles. The standard InChI is InChI=1S/C8H11F3O6S2/c1-5(2)7(12)17-4-6(18(3,13)14)19(15,16)8(9,10)11/h6H,1,4H2,2-3H3. The molecule has 0 aromatic rings. The minimum atomic E-state index is -6.01. The van der Waals surface area contributed by atoms with E-state index in [1.54, 1.807) is 0 Å². The number of carbonyl (C=O) groups excluding carboxylic acids is 1. The highest BCUT2D eigenvalue weighted by atomic mass is 32.3. The first-order valence-electron chi connectivity index (χ1n) is 4.53. The van der Waals surface area contributed by atoms with Crippen molar-refractivity contribution in [1.29, 1.82) is 0 Å². The van der Waals surface area contributed by atoms with Gasteiger partial charge in [-0.05, 0) is 6.92 Å². The Hall–Kier alpha value is -1.10. The first-order chi connectivity index (χ1) is 8.21. The molecule has 0 saturated carbocycles. The summed E-state index contributed by atoms with van der Waals surface area (Å²) in [5.41, 5.74) is -5.98. The van der Waals surface area contributed by atoms with Crippen LogP contribution in [0.1, 0.15) is 6.92 Å². The number of carbonyl (C=O) groups is 1. The van der Waals surface area contributed by atoms with Crippen molar-refractivity contribution in [2.24, 2.45) is 0 Å². The molecule has 0 saturated heterocycles. The Morgan fingerprint density at radius 3 is 1.95 bits per heavy atom. The molecule has 0 rings (SSSR count). The second-order valence-corrected chi connectivity index (χ2v) is 8.28. The third-order valence-electron chi connectivity index (χ3n) is 1.85. The summed E-state index contributed by atoms with van der Waals surface area (Å²) in [7, 11) is -10.7. The van der Waals surface area contributed by atoms with Gasteiger partial charge in [0.15, 0.2) is 9.84 Å². The van der Waals surface area contributed by atoms with Crippen LogP contribution in [0.5, 0.6) is 0 Å². The van der Waals surface area contributed by atoms with Gasteiger partial charge in [-0.3, -0.25) is 0 Å². The van der Waals surface area contributed by atoms with Gasteiger partial charge < -0.3 is 4.74 Å². The van der Waals surface area contributed by atoms with Crippen LogP contribution in [0.25, 0.3) is 0 Å². The predicted octanol–water partition coefficient (Wildman–Crippen LogP) is 0.411. The lowest BCUT2D eigenvalue weighted by atomic mass is 10.4. The summed E-state index contributed by atoms with van der Waals surface area (Å²) >= 11 is 0. The Morgan fingerprint density at radius 1 is 1.26 bits per heavy atom. The first-order valence-corrected chi connectivity index (χ1v) is 8.03. The van der Waals surface area contributed by atoms with Crippen molar-refractivity contribution in [2.75, 3.05) is 12.9 Å². The van der Waals surface area contributed by atoms with E-state index in [9.17, 15) is 34.8 Å². The van der Waals surface area contributed by atoms with E-state index in [1.807, 2.05) is 0 Å². The van der Waals surface area contributed by atoms with E-state index in [2.05, 4.69) is 11.3 Å². The Balaban J connectivity index is 5.42. The lowest BCUT2D eigenvalue weighted by Crippen LogP contribution is -2.42. The zero-order valence-electron chi connectivity index (χ0n) is 9.89. The van der Waals surface area contributed by atoms with Gasteiger partial charge in [0.05, 0.1) is 0 Å². The summed E-state index contributed by atoms with van der Waals surface area (Å²) in [5.74, 6) is -1.19. The third kappa shape index (κ3) is 4.49. The number of esters is 1. The van der Waals surface area contributed by atoms with Gasteiger partial charge in [0.25, 0.3) is 9.84 Å².